The van der Waals surface area contributed by atoms with E-state index in [2.05, 4.69) is 20.4 Å². The van der Waals surface area contributed by atoms with Crippen molar-refractivity contribution in [3.8, 4) is 11.6 Å². The molecular formula is C21H30N6O6. The molecule has 3 rings (SSSR count). The van der Waals surface area contributed by atoms with Crippen LogP contribution in [0.4, 0.5) is 11.6 Å². The molecular weight excluding hydrogens is 432 g/mol. The number of hydrogen-bond donors (Lipinski definition) is 1. The van der Waals surface area contributed by atoms with Crippen LogP contribution in [0.5, 0.6) is 11.6 Å². The molecule has 0 unspecified atom stereocenters. The van der Waals surface area contributed by atoms with Gasteiger partial charge in [0, 0.05) is 13.2 Å². The monoisotopic (exact) mass is 462 g/mol. The lowest BCUT2D eigenvalue weighted by atomic mass is 10.2. The molecule has 12 nitrogen and oxygen atoms in total. The summed E-state index contributed by atoms with van der Waals surface area (Å²) in [6, 6.07) is 0.228. The Balaban J connectivity index is 2.07. The number of rotatable bonds is 11. The van der Waals surface area contributed by atoms with Crippen molar-refractivity contribution in [2.24, 2.45) is 10.2 Å². The molecule has 0 spiro atoms. The van der Waals surface area contributed by atoms with Crippen molar-refractivity contribution in [2.45, 2.75) is 65.1 Å². The molecule has 1 aliphatic rings. The molecule has 33 heavy (non-hydrogen) atoms. The topological polar surface area (TPSA) is 142 Å². The summed E-state index contributed by atoms with van der Waals surface area (Å²) >= 11 is 0. The smallest absolute Gasteiger partial charge is 0.270 e. The average molecular weight is 463 g/mol. The van der Waals surface area contributed by atoms with Gasteiger partial charge in [-0.15, -0.1) is 20.4 Å². The van der Waals surface area contributed by atoms with Gasteiger partial charge in [-0.2, -0.15) is 0 Å². The molecule has 180 valence electrons. The number of aromatic hydroxyl groups is 1. The predicted octanol–water partition coefficient (Wildman–Crippen LogP) is 3.20. The number of pyridine rings is 1. The van der Waals surface area contributed by atoms with Crippen molar-refractivity contribution in [1.29, 1.82) is 0 Å². The highest BCUT2D eigenvalue weighted by molar-refractivity contribution is 5.83. The fourth-order valence-corrected chi connectivity index (χ4v) is 3.86. The first-order chi connectivity index (χ1) is 15.9. The minimum atomic E-state index is -0.719. The van der Waals surface area contributed by atoms with Crippen LogP contribution in [-0.2, 0) is 16.0 Å². The number of nitrogens with zero attached hydrogens (tertiary/aromatic N) is 6. The molecule has 0 saturated heterocycles. The predicted molar refractivity (Wildman–Crippen MR) is 118 cm³/mol. The maximum absolute atomic E-state index is 12.9. The van der Waals surface area contributed by atoms with Gasteiger partial charge in [-0.3, -0.25) is 18.7 Å². The molecule has 1 saturated carbocycles. The second kappa shape index (κ2) is 11.1. The van der Waals surface area contributed by atoms with E-state index < -0.39 is 11.4 Å². The molecule has 0 amide bonds. The number of methoxy groups -OCH3 is 1. The van der Waals surface area contributed by atoms with E-state index >= 15 is 0 Å². The molecule has 0 radical (unpaired) electrons. The molecule has 1 fully saturated rings. The van der Waals surface area contributed by atoms with E-state index in [-0.39, 0.29) is 55.0 Å². The normalized spacial score (nSPS) is 14.6. The summed E-state index contributed by atoms with van der Waals surface area (Å²) in [5.74, 6) is 0.370. The van der Waals surface area contributed by atoms with Crippen LogP contribution in [0.25, 0.3) is 0 Å². The standard InChI is InChI=1S/C21H30N6O6/c1-13(2)33-18-16(11-28)19(29)26(9-10-32-12-31-4)20(30)17(18)23-25-21-24-22-14(3)27(21)15-7-5-6-8-15/h11,13,15,30H,5-10,12H2,1-4H3. The summed E-state index contributed by atoms with van der Waals surface area (Å²) in [6.07, 6.45) is 4.22. The van der Waals surface area contributed by atoms with Crippen LogP contribution in [0.3, 0.4) is 0 Å². The number of aryl methyl sites for hydroxylation is 1. The van der Waals surface area contributed by atoms with Crippen LogP contribution in [0.2, 0.25) is 0 Å². The Morgan fingerprint density at radius 3 is 2.61 bits per heavy atom. The van der Waals surface area contributed by atoms with Crippen LogP contribution < -0.4 is 10.3 Å². The van der Waals surface area contributed by atoms with Crippen molar-refractivity contribution >= 4 is 17.9 Å². The summed E-state index contributed by atoms with van der Waals surface area (Å²) in [5, 5.41) is 27.5. The second-order valence-electron chi connectivity index (χ2n) is 8.03. The number of carbonyl (C=O) groups is 1. The molecule has 0 aliphatic heterocycles. The van der Waals surface area contributed by atoms with E-state index in [1.165, 1.54) is 7.11 Å². The van der Waals surface area contributed by atoms with Gasteiger partial charge in [0.1, 0.15) is 18.2 Å². The third-order valence-electron chi connectivity index (χ3n) is 5.31. The zero-order chi connectivity index (χ0) is 24.0. The Bertz CT molecular complexity index is 1050. The molecule has 1 N–H and O–H groups in total. The average Bonchev–Trinajstić information content (AvgIpc) is 3.42. The zero-order valence-corrected chi connectivity index (χ0v) is 19.4. The number of azo groups is 1. The van der Waals surface area contributed by atoms with Crippen molar-refractivity contribution in [2.75, 3.05) is 20.5 Å². The van der Waals surface area contributed by atoms with E-state index in [0.717, 1.165) is 30.3 Å². The van der Waals surface area contributed by atoms with Crippen LogP contribution in [0, 0.1) is 6.92 Å². The summed E-state index contributed by atoms with van der Waals surface area (Å²) in [5.41, 5.74) is -1.13. The lowest BCUT2D eigenvalue weighted by Gasteiger charge is -2.18. The third kappa shape index (κ3) is 5.45. The first kappa shape index (κ1) is 24.5. The van der Waals surface area contributed by atoms with Gasteiger partial charge in [-0.25, -0.2) is 0 Å². The largest absolute Gasteiger partial charge is 0.493 e. The van der Waals surface area contributed by atoms with E-state index in [0.29, 0.717) is 12.1 Å². The van der Waals surface area contributed by atoms with E-state index in [9.17, 15) is 14.7 Å². The van der Waals surface area contributed by atoms with Crippen LogP contribution >= 0.6 is 0 Å². The molecule has 2 aromatic rings. The van der Waals surface area contributed by atoms with E-state index in [1.54, 1.807) is 13.8 Å². The molecule has 0 aromatic carbocycles. The molecule has 1 aliphatic carbocycles. The fraction of sp³-hybridized carbons (Fsp3) is 0.619. The lowest BCUT2D eigenvalue weighted by molar-refractivity contribution is -0.0335. The van der Waals surface area contributed by atoms with E-state index in [1.807, 2.05) is 11.5 Å². The minimum Gasteiger partial charge on any atom is -0.493 e. The quantitative estimate of drug-likeness (QED) is 0.232. The Kier molecular flexibility index (Phi) is 8.28. The van der Waals surface area contributed by atoms with Gasteiger partial charge in [-0.1, -0.05) is 12.8 Å². The highest BCUT2D eigenvalue weighted by Crippen LogP contribution is 2.40. The van der Waals surface area contributed by atoms with Crippen LogP contribution in [0.1, 0.15) is 61.8 Å². The van der Waals surface area contributed by atoms with Crippen LogP contribution in [0.15, 0.2) is 15.0 Å². The molecule has 2 heterocycles. The molecule has 2 aromatic heterocycles. The number of ether oxygens (including phenoxy) is 3. The highest BCUT2D eigenvalue weighted by Gasteiger charge is 2.25. The van der Waals surface area contributed by atoms with Crippen LogP contribution in [-0.4, -0.2) is 57.3 Å². The zero-order valence-electron chi connectivity index (χ0n) is 19.4. The van der Waals surface area contributed by atoms with Gasteiger partial charge < -0.3 is 19.3 Å². The maximum atomic E-state index is 12.9. The van der Waals surface area contributed by atoms with Crippen molar-refractivity contribution in [3.05, 3.63) is 21.7 Å². The van der Waals surface area contributed by atoms with Gasteiger partial charge in [0.05, 0.1) is 19.3 Å². The summed E-state index contributed by atoms with van der Waals surface area (Å²) in [7, 11) is 1.47. The summed E-state index contributed by atoms with van der Waals surface area (Å²) in [4.78, 5) is 24.7. The Morgan fingerprint density at radius 2 is 1.97 bits per heavy atom. The Morgan fingerprint density at radius 1 is 1.24 bits per heavy atom. The molecule has 12 heteroatoms. The fourth-order valence-electron chi connectivity index (χ4n) is 3.86. The third-order valence-corrected chi connectivity index (χ3v) is 5.31. The van der Waals surface area contributed by atoms with Gasteiger partial charge in [0.2, 0.25) is 5.88 Å². The number of aldehydes is 1. The van der Waals surface area contributed by atoms with Gasteiger partial charge in [0.15, 0.2) is 17.7 Å². The highest BCUT2D eigenvalue weighted by atomic mass is 16.7. The number of hydrogen-bond acceptors (Lipinski definition) is 10. The summed E-state index contributed by atoms with van der Waals surface area (Å²) < 4.78 is 18.7. The van der Waals surface area contributed by atoms with Gasteiger partial charge >= 0.3 is 0 Å². The molecule has 0 bridgehead atoms. The first-order valence-corrected chi connectivity index (χ1v) is 10.9. The van der Waals surface area contributed by atoms with Crippen molar-refractivity contribution in [3.63, 3.8) is 0 Å². The second-order valence-corrected chi connectivity index (χ2v) is 8.03. The summed E-state index contributed by atoms with van der Waals surface area (Å²) in [6.45, 7) is 5.37. The SMILES string of the molecule is COCOCCn1c(O)c(N=Nc2nnc(C)n2C2CCCC2)c(OC(C)C)c(C=O)c1=O. The first-order valence-electron chi connectivity index (χ1n) is 10.9. The maximum Gasteiger partial charge on any atom is 0.270 e. The van der Waals surface area contributed by atoms with Gasteiger partial charge in [0.25, 0.3) is 11.5 Å². The van der Waals surface area contributed by atoms with Crippen molar-refractivity contribution < 1.29 is 24.1 Å². The number of carbonyl (C=O) groups excluding carboxylic acids is 1. The lowest BCUT2D eigenvalue weighted by Crippen LogP contribution is -2.27. The Labute approximate surface area is 191 Å². The Hall–Kier alpha value is -3.12. The van der Waals surface area contributed by atoms with Crippen molar-refractivity contribution in [1.82, 2.24) is 19.3 Å². The number of aromatic nitrogens is 4. The minimum absolute atomic E-state index is 0.0212. The van der Waals surface area contributed by atoms with E-state index in [4.69, 9.17) is 14.2 Å². The van der Waals surface area contributed by atoms with Gasteiger partial charge in [-0.05, 0) is 33.6 Å². The molecule has 0 atom stereocenters.